The standard InChI is InChI=1S/C18H22N2O2/c1-3-14-5-4-6-16(11-14)20-18(22)19-12-17(21)15-9-7-13(2)8-10-15/h4-11,17,21H,3,12H2,1-2H3,(H2,19,20,22). The molecule has 4 nitrogen and oxygen atoms in total. The molecule has 0 bridgehead atoms. The number of rotatable bonds is 5. The molecule has 0 aliphatic heterocycles. The molecule has 1 atom stereocenters. The van der Waals surface area contributed by atoms with Crippen LogP contribution in [0.15, 0.2) is 48.5 Å². The third kappa shape index (κ3) is 4.60. The van der Waals surface area contributed by atoms with Crippen LogP contribution in [-0.2, 0) is 6.42 Å². The lowest BCUT2D eigenvalue weighted by Crippen LogP contribution is -2.32. The average molecular weight is 298 g/mol. The minimum absolute atomic E-state index is 0.169. The molecule has 0 aliphatic rings. The number of carbonyl (C=O) groups excluding carboxylic acids is 1. The minimum atomic E-state index is -0.715. The fourth-order valence-corrected chi connectivity index (χ4v) is 2.14. The van der Waals surface area contributed by atoms with Gasteiger partial charge < -0.3 is 15.7 Å². The molecular formula is C18H22N2O2. The van der Waals surface area contributed by atoms with Crippen LogP contribution in [-0.4, -0.2) is 17.7 Å². The molecule has 2 aromatic rings. The molecule has 2 aromatic carbocycles. The molecular weight excluding hydrogens is 276 g/mol. The van der Waals surface area contributed by atoms with E-state index in [1.807, 2.05) is 55.5 Å². The van der Waals surface area contributed by atoms with E-state index < -0.39 is 6.10 Å². The van der Waals surface area contributed by atoms with Crippen LogP contribution in [0.2, 0.25) is 0 Å². The van der Waals surface area contributed by atoms with Crippen LogP contribution in [0.5, 0.6) is 0 Å². The number of amides is 2. The van der Waals surface area contributed by atoms with Gasteiger partial charge in [0.25, 0.3) is 0 Å². The van der Waals surface area contributed by atoms with Gasteiger partial charge in [-0.3, -0.25) is 0 Å². The largest absolute Gasteiger partial charge is 0.387 e. The Morgan fingerprint density at radius 3 is 2.59 bits per heavy atom. The Hall–Kier alpha value is -2.33. The van der Waals surface area contributed by atoms with Crippen molar-refractivity contribution in [2.24, 2.45) is 0 Å². The Balaban J connectivity index is 1.85. The SMILES string of the molecule is CCc1cccc(NC(=O)NCC(O)c2ccc(C)cc2)c1. The van der Waals surface area contributed by atoms with Crippen molar-refractivity contribution in [1.29, 1.82) is 0 Å². The lowest BCUT2D eigenvalue weighted by atomic mass is 10.1. The van der Waals surface area contributed by atoms with Gasteiger partial charge in [-0.1, -0.05) is 48.9 Å². The predicted octanol–water partition coefficient (Wildman–Crippen LogP) is 3.41. The summed E-state index contributed by atoms with van der Waals surface area (Å²) in [6, 6.07) is 15.0. The molecule has 22 heavy (non-hydrogen) atoms. The van der Waals surface area contributed by atoms with E-state index in [1.54, 1.807) is 0 Å². The lowest BCUT2D eigenvalue weighted by molar-refractivity contribution is 0.175. The van der Waals surface area contributed by atoms with Gasteiger partial charge in [0, 0.05) is 12.2 Å². The van der Waals surface area contributed by atoms with Gasteiger partial charge in [0.15, 0.2) is 0 Å². The molecule has 3 N–H and O–H groups in total. The average Bonchev–Trinajstić information content (AvgIpc) is 2.53. The maximum Gasteiger partial charge on any atom is 0.319 e. The van der Waals surface area contributed by atoms with Gasteiger partial charge in [-0.25, -0.2) is 4.79 Å². The Labute approximate surface area is 131 Å². The molecule has 2 amide bonds. The van der Waals surface area contributed by atoms with Crippen LogP contribution < -0.4 is 10.6 Å². The van der Waals surface area contributed by atoms with Gasteiger partial charge in [0.05, 0.1) is 6.10 Å². The molecule has 2 rings (SSSR count). The fourth-order valence-electron chi connectivity index (χ4n) is 2.14. The van der Waals surface area contributed by atoms with E-state index in [1.165, 1.54) is 0 Å². The maximum atomic E-state index is 11.9. The van der Waals surface area contributed by atoms with Crippen molar-refractivity contribution in [2.75, 3.05) is 11.9 Å². The van der Waals surface area contributed by atoms with E-state index in [4.69, 9.17) is 0 Å². The highest BCUT2D eigenvalue weighted by Gasteiger charge is 2.09. The van der Waals surface area contributed by atoms with Crippen molar-refractivity contribution >= 4 is 11.7 Å². The van der Waals surface area contributed by atoms with Crippen molar-refractivity contribution in [3.63, 3.8) is 0 Å². The van der Waals surface area contributed by atoms with E-state index in [2.05, 4.69) is 17.6 Å². The zero-order valence-electron chi connectivity index (χ0n) is 13.0. The molecule has 0 aromatic heterocycles. The third-order valence-corrected chi connectivity index (χ3v) is 3.51. The highest BCUT2D eigenvalue weighted by molar-refractivity contribution is 5.89. The maximum absolute atomic E-state index is 11.9. The number of nitrogens with one attached hydrogen (secondary N) is 2. The van der Waals surface area contributed by atoms with Crippen molar-refractivity contribution in [3.05, 3.63) is 65.2 Å². The van der Waals surface area contributed by atoms with Gasteiger partial charge in [0.1, 0.15) is 0 Å². The Morgan fingerprint density at radius 2 is 1.91 bits per heavy atom. The van der Waals surface area contributed by atoms with Gasteiger partial charge in [0.2, 0.25) is 0 Å². The molecule has 0 aliphatic carbocycles. The quantitative estimate of drug-likeness (QED) is 0.792. The Kier molecular flexibility index (Phi) is 5.55. The first-order chi connectivity index (χ1) is 10.6. The van der Waals surface area contributed by atoms with Gasteiger partial charge in [-0.15, -0.1) is 0 Å². The number of aliphatic hydroxyl groups excluding tert-OH is 1. The van der Waals surface area contributed by atoms with Gasteiger partial charge >= 0.3 is 6.03 Å². The molecule has 0 radical (unpaired) electrons. The first-order valence-corrected chi connectivity index (χ1v) is 7.47. The van der Waals surface area contributed by atoms with Crippen molar-refractivity contribution in [3.8, 4) is 0 Å². The topological polar surface area (TPSA) is 61.4 Å². The van der Waals surface area contributed by atoms with Crippen molar-refractivity contribution in [1.82, 2.24) is 5.32 Å². The van der Waals surface area contributed by atoms with Gasteiger partial charge in [-0.05, 0) is 36.6 Å². The third-order valence-electron chi connectivity index (χ3n) is 3.51. The number of urea groups is 1. The summed E-state index contributed by atoms with van der Waals surface area (Å²) in [5.74, 6) is 0. The summed E-state index contributed by atoms with van der Waals surface area (Å²) in [4.78, 5) is 11.9. The minimum Gasteiger partial charge on any atom is -0.387 e. The lowest BCUT2D eigenvalue weighted by Gasteiger charge is -2.13. The number of aryl methyl sites for hydroxylation is 2. The number of anilines is 1. The van der Waals surface area contributed by atoms with Crippen LogP contribution >= 0.6 is 0 Å². The first-order valence-electron chi connectivity index (χ1n) is 7.47. The second-order valence-electron chi connectivity index (χ2n) is 5.32. The van der Waals surface area contributed by atoms with Crippen LogP contribution in [0.3, 0.4) is 0 Å². The second kappa shape index (κ2) is 7.61. The summed E-state index contributed by atoms with van der Waals surface area (Å²) >= 11 is 0. The summed E-state index contributed by atoms with van der Waals surface area (Å²) in [6.45, 7) is 4.23. The molecule has 4 heteroatoms. The molecule has 0 spiro atoms. The molecule has 0 fully saturated rings. The Bertz CT molecular complexity index is 623. The normalized spacial score (nSPS) is 11.8. The number of benzene rings is 2. The second-order valence-corrected chi connectivity index (χ2v) is 5.32. The molecule has 116 valence electrons. The fraction of sp³-hybridized carbons (Fsp3) is 0.278. The summed E-state index contributed by atoms with van der Waals surface area (Å²) in [5, 5.41) is 15.5. The smallest absolute Gasteiger partial charge is 0.319 e. The summed E-state index contributed by atoms with van der Waals surface area (Å²) in [5.41, 5.74) is 3.84. The van der Waals surface area contributed by atoms with Crippen LogP contribution in [0.1, 0.15) is 29.7 Å². The highest BCUT2D eigenvalue weighted by atomic mass is 16.3. The van der Waals surface area contributed by atoms with Crippen LogP contribution in [0, 0.1) is 6.92 Å². The zero-order chi connectivity index (χ0) is 15.9. The predicted molar refractivity (Wildman–Crippen MR) is 89.0 cm³/mol. The number of hydrogen-bond donors (Lipinski definition) is 3. The molecule has 0 saturated carbocycles. The van der Waals surface area contributed by atoms with E-state index in [0.29, 0.717) is 0 Å². The van der Waals surface area contributed by atoms with Crippen LogP contribution in [0.4, 0.5) is 10.5 Å². The summed E-state index contributed by atoms with van der Waals surface area (Å²) in [6.07, 6.45) is 0.205. The Morgan fingerprint density at radius 1 is 1.18 bits per heavy atom. The van der Waals surface area contributed by atoms with E-state index in [9.17, 15) is 9.90 Å². The highest BCUT2D eigenvalue weighted by Crippen LogP contribution is 2.13. The number of carbonyl (C=O) groups is 1. The first kappa shape index (κ1) is 16.0. The number of hydrogen-bond acceptors (Lipinski definition) is 2. The van der Waals surface area contributed by atoms with E-state index in [-0.39, 0.29) is 12.6 Å². The summed E-state index contributed by atoms with van der Waals surface area (Å²) < 4.78 is 0. The van der Waals surface area contributed by atoms with Gasteiger partial charge in [-0.2, -0.15) is 0 Å². The molecule has 0 heterocycles. The summed E-state index contributed by atoms with van der Waals surface area (Å²) in [7, 11) is 0. The van der Waals surface area contributed by atoms with E-state index in [0.717, 1.165) is 28.8 Å². The molecule has 1 unspecified atom stereocenters. The molecule has 0 saturated heterocycles. The monoisotopic (exact) mass is 298 g/mol. The van der Waals surface area contributed by atoms with Crippen LogP contribution in [0.25, 0.3) is 0 Å². The zero-order valence-corrected chi connectivity index (χ0v) is 13.0. The number of aliphatic hydroxyl groups is 1. The van der Waals surface area contributed by atoms with E-state index >= 15 is 0 Å². The van der Waals surface area contributed by atoms with Crippen molar-refractivity contribution < 1.29 is 9.90 Å². The van der Waals surface area contributed by atoms with Crippen molar-refractivity contribution in [2.45, 2.75) is 26.4 Å².